The third kappa shape index (κ3) is 65.4. The van der Waals surface area contributed by atoms with Gasteiger partial charge in [0.2, 0.25) is 0 Å². The molecule has 0 aromatic carbocycles. The number of carbonyl (C=O) groups is 1. The van der Waals surface area contributed by atoms with Crippen LogP contribution < -0.4 is 5.11 Å². The van der Waals surface area contributed by atoms with E-state index in [0.29, 0.717) is 0 Å². The topological polar surface area (TPSA) is 106 Å². The van der Waals surface area contributed by atoms with Crippen molar-refractivity contribution in [2.75, 3.05) is 0 Å². The maximum absolute atomic E-state index is 9.98. The van der Waals surface area contributed by atoms with Crippen molar-refractivity contribution in [2.45, 2.75) is 13.8 Å². The first kappa shape index (κ1) is 17.1. The molecule has 0 spiro atoms. The average molecular weight is 217 g/mol. The first-order valence-electron chi connectivity index (χ1n) is 2.53. The van der Waals surface area contributed by atoms with E-state index in [9.17, 15) is 9.90 Å². The van der Waals surface area contributed by atoms with Gasteiger partial charge in [-0.15, -0.1) is 5.76 Å². The molecule has 0 aromatic heterocycles. The molecule has 70 valence electrons. The maximum Gasteiger partial charge on any atom is 2.00 e. The summed E-state index contributed by atoms with van der Waals surface area (Å²) in [7, 11) is 0. The molecule has 0 rings (SSSR count). The van der Waals surface area contributed by atoms with Crippen molar-refractivity contribution in [3.05, 3.63) is 27.2 Å². The molecule has 0 fully saturated rings. The molecule has 0 bridgehead atoms. The fourth-order valence-corrected chi connectivity index (χ4v) is 0.286. The minimum absolute atomic E-state index is 0. The van der Waals surface area contributed by atoms with E-state index in [4.69, 9.17) is 15.3 Å². The Labute approximate surface area is 79.5 Å². The second-order valence-electron chi connectivity index (χ2n) is 1.59. The van der Waals surface area contributed by atoms with Gasteiger partial charge in [0, 0.05) is 0 Å². The van der Waals surface area contributed by atoms with Crippen LogP contribution in [0.5, 0.6) is 0 Å². The van der Waals surface area contributed by atoms with Crippen LogP contribution in [0, 0.1) is 15.3 Å². The van der Waals surface area contributed by atoms with Gasteiger partial charge in [-0.3, -0.25) is 4.79 Å². The largest absolute Gasteiger partial charge is 2.00 e. The smallest absolute Gasteiger partial charge is 0.876 e. The number of nitrogens with zero attached hydrogens (tertiary/aromatic N) is 1. The van der Waals surface area contributed by atoms with Crippen molar-refractivity contribution in [3.8, 4) is 0 Å². The zero-order valence-electron chi connectivity index (χ0n) is 6.42. The van der Waals surface area contributed by atoms with Gasteiger partial charge in [-0.1, -0.05) is 6.92 Å². The Morgan fingerprint density at radius 3 is 1.58 bits per heavy atom. The molecule has 0 aliphatic rings. The zero-order chi connectivity index (χ0) is 9.44. The second-order valence-corrected chi connectivity index (χ2v) is 1.59. The predicted molar refractivity (Wildman–Crippen MR) is 34.8 cm³/mol. The Kier molecular flexibility index (Phi) is 14.2. The molecule has 0 radical (unpaired) electrons. The number of allylic oxidation sites excluding steroid dienone is 2. The summed E-state index contributed by atoms with van der Waals surface area (Å²) >= 11 is 0. The third-order valence-electron chi connectivity index (χ3n) is 0.407. The molecule has 0 aliphatic heterocycles. The molecule has 0 amide bonds. The summed E-state index contributed by atoms with van der Waals surface area (Å²) < 4.78 is 0. The van der Waals surface area contributed by atoms with E-state index < -0.39 is 5.09 Å². The van der Waals surface area contributed by atoms with Gasteiger partial charge in [-0.25, -0.2) is 0 Å². The van der Waals surface area contributed by atoms with Crippen molar-refractivity contribution < 1.29 is 32.1 Å². The molecule has 0 atom stereocenters. The van der Waals surface area contributed by atoms with Gasteiger partial charge in [0.25, 0.3) is 0 Å². The summed E-state index contributed by atoms with van der Waals surface area (Å²) in [6.45, 7) is 2.70. The molecule has 0 saturated heterocycles. The Bertz CT molecular complexity index is 171. The Morgan fingerprint density at radius 1 is 1.33 bits per heavy atom. The number of carbonyl (C=O) groups excluding carboxylic acids is 1. The number of rotatable bonds is 1. The summed E-state index contributed by atoms with van der Waals surface area (Å²) in [4.78, 5) is 18.2. The van der Waals surface area contributed by atoms with Crippen LogP contribution in [-0.2, 0) is 21.9 Å². The molecule has 0 unspecified atom stereocenters. The molecule has 6 nitrogen and oxygen atoms in total. The first-order valence-corrected chi connectivity index (χ1v) is 2.53. The second kappa shape index (κ2) is 9.93. The van der Waals surface area contributed by atoms with Crippen molar-refractivity contribution in [3.63, 3.8) is 0 Å². The summed E-state index contributed by atoms with van der Waals surface area (Å²) in [6.07, 6.45) is 1.06. The minimum atomic E-state index is -1.75. The van der Waals surface area contributed by atoms with Gasteiger partial charge in [-0.05, 0) is 13.0 Å². The minimum Gasteiger partial charge on any atom is -0.876 e. The summed E-state index contributed by atoms with van der Waals surface area (Å²) in [6, 6.07) is 0. The molecule has 0 aromatic rings. The van der Waals surface area contributed by atoms with Crippen LogP contribution in [0.3, 0.4) is 0 Å². The van der Waals surface area contributed by atoms with Gasteiger partial charge in [0.15, 0.2) is 5.78 Å². The van der Waals surface area contributed by atoms with Crippen LogP contribution in [-0.4, -0.2) is 10.9 Å². The Hall–Kier alpha value is -1.07. The number of hydrogen-bond acceptors (Lipinski definition) is 5. The maximum atomic E-state index is 9.98. The summed E-state index contributed by atoms with van der Waals surface area (Å²) in [5.41, 5.74) is 0. The average Bonchev–Trinajstić information content (AvgIpc) is 1.56. The molecular weight excluding hydrogens is 210 g/mol. The fraction of sp³-hybridized carbons (Fsp3) is 0.400. The third-order valence-corrected chi connectivity index (χ3v) is 0.407. The standard InChI is InChI=1S/C5H8O2.Fe.NO3/c1-4(6)3-5(2)7;;2-1(3)4/h3,6H,1-2H3;;/q;+2;-1/p-1/b4-3-;;. The number of hydrogen-bond donors (Lipinski definition) is 0. The first-order chi connectivity index (χ1) is 4.86. The van der Waals surface area contributed by atoms with E-state index in [1.54, 1.807) is 0 Å². The normalized spacial score (nSPS) is 8.67. The van der Waals surface area contributed by atoms with Crippen LogP contribution in [0.4, 0.5) is 0 Å². The molecule has 7 heteroatoms. The molecule has 12 heavy (non-hydrogen) atoms. The van der Waals surface area contributed by atoms with E-state index in [2.05, 4.69) is 0 Å². The molecule has 0 saturated carbocycles. The van der Waals surface area contributed by atoms with Gasteiger partial charge in [0.05, 0.1) is 5.09 Å². The number of ketones is 1. The van der Waals surface area contributed by atoms with E-state index in [0.717, 1.165) is 6.08 Å². The Balaban J connectivity index is -0.000000142. The van der Waals surface area contributed by atoms with Crippen molar-refractivity contribution in [1.29, 1.82) is 0 Å². The van der Waals surface area contributed by atoms with E-state index in [-0.39, 0.29) is 28.6 Å². The van der Waals surface area contributed by atoms with E-state index in [1.807, 2.05) is 0 Å². The molecular formula is C5H7FeNO5. The van der Waals surface area contributed by atoms with Gasteiger partial charge in [-0.2, -0.15) is 0 Å². The van der Waals surface area contributed by atoms with Gasteiger partial charge < -0.3 is 20.4 Å². The van der Waals surface area contributed by atoms with Crippen LogP contribution in [0.15, 0.2) is 11.8 Å². The zero-order valence-corrected chi connectivity index (χ0v) is 7.52. The fourth-order valence-electron chi connectivity index (χ4n) is 0.286. The SMILES string of the molecule is CC(=O)/C=C(/C)[O-].O=[N+]([O-])[O-].[Fe+2]. The summed E-state index contributed by atoms with van der Waals surface area (Å²) in [5.74, 6) is -0.375. The van der Waals surface area contributed by atoms with Gasteiger partial charge in [0.1, 0.15) is 0 Å². The van der Waals surface area contributed by atoms with Crippen LogP contribution >= 0.6 is 0 Å². The van der Waals surface area contributed by atoms with Crippen LogP contribution in [0.2, 0.25) is 0 Å². The quantitative estimate of drug-likeness (QED) is 0.195. The van der Waals surface area contributed by atoms with E-state index in [1.165, 1.54) is 13.8 Å². The van der Waals surface area contributed by atoms with Crippen molar-refractivity contribution >= 4 is 5.78 Å². The van der Waals surface area contributed by atoms with Crippen molar-refractivity contribution in [2.24, 2.45) is 0 Å². The van der Waals surface area contributed by atoms with Gasteiger partial charge >= 0.3 is 17.1 Å². The Morgan fingerprint density at radius 2 is 1.58 bits per heavy atom. The van der Waals surface area contributed by atoms with E-state index >= 15 is 0 Å². The monoisotopic (exact) mass is 217 g/mol. The van der Waals surface area contributed by atoms with Crippen LogP contribution in [0.25, 0.3) is 0 Å². The molecule has 0 N–H and O–H groups in total. The van der Waals surface area contributed by atoms with Crippen molar-refractivity contribution in [1.82, 2.24) is 0 Å². The molecule has 0 aliphatic carbocycles. The van der Waals surface area contributed by atoms with Crippen LogP contribution in [0.1, 0.15) is 13.8 Å². The summed E-state index contributed by atoms with van der Waals surface area (Å²) in [5, 5.41) is 24.7. The molecule has 0 heterocycles. The predicted octanol–water partition coefficient (Wildman–Crippen LogP) is -0.402.